The highest BCUT2D eigenvalue weighted by Crippen LogP contribution is 2.26. The van der Waals surface area contributed by atoms with Crippen molar-refractivity contribution in [3.8, 4) is 0 Å². The lowest BCUT2D eigenvalue weighted by molar-refractivity contribution is -0.147. The normalized spacial score (nSPS) is 20.6. The van der Waals surface area contributed by atoms with Gasteiger partial charge >= 0.3 is 5.97 Å². The number of rotatable bonds is 7. The van der Waals surface area contributed by atoms with Gasteiger partial charge in [-0.2, -0.15) is 0 Å². The predicted molar refractivity (Wildman–Crippen MR) is 122 cm³/mol. The molecule has 0 bridgehead atoms. The van der Waals surface area contributed by atoms with Crippen molar-refractivity contribution in [2.45, 2.75) is 77.9 Å². The number of amides is 1. The zero-order valence-electron chi connectivity index (χ0n) is 17.5. The monoisotopic (exact) mass is 508 g/mol. The topological polar surface area (TPSA) is 83.0 Å². The molecule has 28 heavy (non-hydrogen) atoms. The fourth-order valence-electron chi connectivity index (χ4n) is 3.78. The summed E-state index contributed by atoms with van der Waals surface area (Å²) in [6, 6.07) is 0.206. The number of carbonyl (C=O) groups excluding carboxylic acids is 2. The molecule has 1 saturated carbocycles. The third-order valence-corrected chi connectivity index (χ3v) is 5.09. The van der Waals surface area contributed by atoms with Crippen LogP contribution in [0, 0.1) is 5.92 Å². The first-order chi connectivity index (χ1) is 13.0. The number of halogens is 1. The highest BCUT2D eigenvalue weighted by Gasteiger charge is 2.31. The molecular weight excluding hydrogens is 471 g/mol. The van der Waals surface area contributed by atoms with Crippen molar-refractivity contribution < 1.29 is 14.3 Å². The van der Waals surface area contributed by atoms with Crippen LogP contribution in [0.15, 0.2) is 4.99 Å². The van der Waals surface area contributed by atoms with Gasteiger partial charge in [0.1, 0.15) is 0 Å². The van der Waals surface area contributed by atoms with E-state index in [-0.39, 0.29) is 54.4 Å². The third-order valence-electron chi connectivity index (χ3n) is 5.09. The van der Waals surface area contributed by atoms with E-state index in [1.54, 1.807) is 0 Å². The Morgan fingerprint density at radius 2 is 1.89 bits per heavy atom. The van der Waals surface area contributed by atoms with Crippen LogP contribution < -0.4 is 10.6 Å². The molecule has 2 fully saturated rings. The molecule has 0 aromatic heterocycles. The van der Waals surface area contributed by atoms with E-state index in [9.17, 15) is 9.59 Å². The standard InChI is InChI=1S/C20H36N4O3.HI/c1-4-21-20(22-12-10-18(25)27-15(2)3)23-17-11-13-24(14-17)19(26)16-8-6-5-7-9-16;/h15-17H,4-14H2,1-3H3,(H2,21,22,23);1H. The summed E-state index contributed by atoms with van der Waals surface area (Å²) >= 11 is 0. The zero-order chi connectivity index (χ0) is 19.6. The molecule has 1 unspecified atom stereocenters. The summed E-state index contributed by atoms with van der Waals surface area (Å²) in [4.78, 5) is 30.8. The second-order valence-corrected chi connectivity index (χ2v) is 7.80. The van der Waals surface area contributed by atoms with E-state index in [2.05, 4.69) is 15.6 Å². The number of ether oxygens (including phenoxy) is 1. The summed E-state index contributed by atoms with van der Waals surface area (Å²) in [5.74, 6) is 1.03. The molecule has 1 atom stereocenters. The van der Waals surface area contributed by atoms with Gasteiger partial charge in [-0.3, -0.25) is 14.6 Å². The summed E-state index contributed by atoms with van der Waals surface area (Å²) in [5, 5.41) is 6.63. The van der Waals surface area contributed by atoms with Crippen LogP contribution in [0.5, 0.6) is 0 Å². The Hall–Kier alpha value is -1.06. The van der Waals surface area contributed by atoms with Gasteiger partial charge in [0.05, 0.1) is 19.1 Å². The van der Waals surface area contributed by atoms with Gasteiger partial charge in [-0.25, -0.2) is 0 Å². The molecule has 162 valence electrons. The summed E-state index contributed by atoms with van der Waals surface area (Å²) < 4.78 is 5.13. The molecule has 1 amide bonds. The highest BCUT2D eigenvalue weighted by molar-refractivity contribution is 14.0. The Balaban J connectivity index is 0.00000392. The van der Waals surface area contributed by atoms with E-state index < -0.39 is 0 Å². The highest BCUT2D eigenvalue weighted by atomic mass is 127. The van der Waals surface area contributed by atoms with Crippen molar-refractivity contribution in [3.05, 3.63) is 0 Å². The van der Waals surface area contributed by atoms with E-state index in [1.807, 2.05) is 25.7 Å². The largest absolute Gasteiger partial charge is 0.463 e. The van der Waals surface area contributed by atoms with Crippen molar-refractivity contribution in [2.75, 3.05) is 26.2 Å². The van der Waals surface area contributed by atoms with E-state index in [4.69, 9.17) is 4.74 Å². The number of nitrogens with zero attached hydrogens (tertiary/aromatic N) is 2. The molecule has 0 aromatic rings. The van der Waals surface area contributed by atoms with E-state index >= 15 is 0 Å². The van der Waals surface area contributed by atoms with Gasteiger partial charge in [0.2, 0.25) is 5.91 Å². The number of nitrogens with one attached hydrogen (secondary N) is 2. The molecule has 7 nitrogen and oxygen atoms in total. The molecule has 1 aliphatic carbocycles. The van der Waals surface area contributed by atoms with E-state index in [0.717, 1.165) is 38.9 Å². The molecule has 1 saturated heterocycles. The van der Waals surface area contributed by atoms with Gasteiger partial charge in [-0.05, 0) is 40.0 Å². The molecular formula is C20H37IN4O3. The number of carbonyl (C=O) groups is 2. The van der Waals surface area contributed by atoms with Gasteiger partial charge in [0, 0.05) is 31.6 Å². The third kappa shape index (κ3) is 8.53. The van der Waals surface area contributed by atoms with Gasteiger partial charge in [0.25, 0.3) is 0 Å². The Labute approximate surface area is 186 Å². The molecule has 1 aliphatic heterocycles. The van der Waals surface area contributed by atoms with Crippen molar-refractivity contribution in [1.82, 2.24) is 15.5 Å². The first kappa shape index (κ1) is 25.0. The average Bonchev–Trinajstić information content (AvgIpc) is 3.10. The van der Waals surface area contributed by atoms with Crippen LogP contribution in [-0.4, -0.2) is 61.1 Å². The minimum Gasteiger partial charge on any atom is -0.463 e. The first-order valence-corrected chi connectivity index (χ1v) is 10.5. The maximum absolute atomic E-state index is 12.7. The number of likely N-dealkylation sites (tertiary alicyclic amines) is 1. The van der Waals surface area contributed by atoms with Gasteiger partial charge < -0.3 is 20.3 Å². The number of aliphatic imine (C=N–C) groups is 1. The fraction of sp³-hybridized carbons (Fsp3) is 0.850. The second kappa shape index (κ2) is 13.2. The quantitative estimate of drug-likeness (QED) is 0.239. The lowest BCUT2D eigenvalue weighted by atomic mass is 9.88. The fourth-order valence-corrected chi connectivity index (χ4v) is 3.78. The Morgan fingerprint density at radius 3 is 2.54 bits per heavy atom. The minimum atomic E-state index is -0.227. The maximum atomic E-state index is 12.7. The first-order valence-electron chi connectivity index (χ1n) is 10.5. The minimum absolute atomic E-state index is 0. The van der Waals surface area contributed by atoms with Crippen LogP contribution in [0.3, 0.4) is 0 Å². The lowest BCUT2D eigenvalue weighted by Crippen LogP contribution is -2.45. The Bertz CT molecular complexity index is 522. The SMILES string of the molecule is CCNC(=NCCC(=O)OC(C)C)NC1CCN(C(=O)C2CCCCC2)C1.I. The van der Waals surface area contributed by atoms with Crippen LogP contribution in [0.4, 0.5) is 0 Å². The smallest absolute Gasteiger partial charge is 0.307 e. The van der Waals surface area contributed by atoms with Crippen LogP contribution in [0.1, 0.15) is 65.7 Å². The lowest BCUT2D eigenvalue weighted by Gasteiger charge is -2.26. The van der Waals surface area contributed by atoms with Gasteiger partial charge in [-0.1, -0.05) is 19.3 Å². The summed E-state index contributed by atoms with van der Waals surface area (Å²) in [6.45, 7) is 8.37. The van der Waals surface area contributed by atoms with Crippen LogP contribution >= 0.6 is 24.0 Å². The van der Waals surface area contributed by atoms with Gasteiger partial charge in [-0.15, -0.1) is 24.0 Å². The van der Waals surface area contributed by atoms with Gasteiger partial charge in [0.15, 0.2) is 5.96 Å². The maximum Gasteiger partial charge on any atom is 0.307 e. The molecule has 2 rings (SSSR count). The Kier molecular flexibility index (Phi) is 11.8. The summed E-state index contributed by atoms with van der Waals surface area (Å²) in [6.07, 6.45) is 6.82. The molecule has 0 spiro atoms. The molecule has 1 heterocycles. The molecule has 2 aliphatic rings. The number of hydrogen-bond donors (Lipinski definition) is 2. The van der Waals surface area contributed by atoms with Crippen molar-refractivity contribution in [1.29, 1.82) is 0 Å². The molecule has 2 N–H and O–H groups in total. The predicted octanol–water partition coefficient (Wildman–Crippen LogP) is 2.68. The average molecular weight is 508 g/mol. The van der Waals surface area contributed by atoms with Crippen LogP contribution in [0.25, 0.3) is 0 Å². The summed E-state index contributed by atoms with van der Waals surface area (Å²) in [7, 11) is 0. The van der Waals surface area contributed by atoms with Crippen LogP contribution in [0.2, 0.25) is 0 Å². The second-order valence-electron chi connectivity index (χ2n) is 7.80. The number of hydrogen-bond acceptors (Lipinski definition) is 4. The van der Waals surface area contributed by atoms with Crippen LogP contribution in [-0.2, 0) is 14.3 Å². The van der Waals surface area contributed by atoms with Crippen molar-refractivity contribution in [2.24, 2.45) is 10.9 Å². The Morgan fingerprint density at radius 1 is 1.18 bits per heavy atom. The van der Waals surface area contributed by atoms with E-state index in [1.165, 1.54) is 19.3 Å². The molecule has 0 aromatic carbocycles. The molecule has 8 heteroatoms. The number of esters is 1. The zero-order valence-corrected chi connectivity index (χ0v) is 19.9. The summed E-state index contributed by atoms with van der Waals surface area (Å²) in [5.41, 5.74) is 0. The number of guanidine groups is 1. The van der Waals surface area contributed by atoms with Crippen molar-refractivity contribution >= 4 is 41.8 Å². The molecule has 0 radical (unpaired) electrons. The van der Waals surface area contributed by atoms with Crippen molar-refractivity contribution in [3.63, 3.8) is 0 Å². The van der Waals surface area contributed by atoms with E-state index in [0.29, 0.717) is 18.4 Å².